The first-order valence-electron chi connectivity index (χ1n) is 6.79. The summed E-state index contributed by atoms with van der Waals surface area (Å²) < 4.78 is 0. The normalized spacial score (nSPS) is 13.7. The second-order valence-corrected chi connectivity index (χ2v) is 4.79. The Hall–Kier alpha value is -1.94. The third-order valence-corrected chi connectivity index (χ3v) is 2.63. The number of hydrogen-bond acceptors (Lipinski definition) is 5. The van der Waals surface area contributed by atoms with Crippen LogP contribution in [0, 0.1) is 0 Å². The number of allylic oxidation sites excluding steroid dienone is 4. The molecule has 5 nitrogen and oxygen atoms in total. The summed E-state index contributed by atoms with van der Waals surface area (Å²) in [6.45, 7) is 10.1. The molecule has 1 aliphatic carbocycles. The van der Waals surface area contributed by atoms with Crippen LogP contribution < -0.4 is 15.5 Å². The zero-order chi connectivity index (χ0) is 17.1. The van der Waals surface area contributed by atoms with Crippen molar-refractivity contribution in [1.82, 2.24) is 5.32 Å². The molecule has 0 fully saturated rings. The van der Waals surface area contributed by atoms with Gasteiger partial charge in [0.05, 0.1) is 11.9 Å². The molecule has 2 aliphatic rings. The first-order chi connectivity index (χ1) is 10.3. The topological polar surface area (TPSA) is 92.3 Å². The summed E-state index contributed by atoms with van der Waals surface area (Å²) in [6, 6.07) is 0. The number of hydrogen-bond donors (Lipinski definition) is 1. The van der Waals surface area contributed by atoms with Crippen molar-refractivity contribution < 1.29 is 39.3 Å². The molecule has 23 heavy (non-hydrogen) atoms. The van der Waals surface area contributed by atoms with E-state index in [-0.39, 0.29) is 30.6 Å². The summed E-state index contributed by atoms with van der Waals surface area (Å²) in [6.07, 6.45) is 11.1. The maximum atomic E-state index is 9.49. The maximum absolute atomic E-state index is 9.49. The molecule has 0 aromatic carbocycles. The van der Waals surface area contributed by atoms with Gasteiger partial charge in [-0.15, -0.1) is 0 Å². The zero-order valence-corrected chi connectivity index (χ0v) is 16.7. The summed E-state index contributed by atoms with van der Waals surface area (Å²) in [4.78, 5) is 19.0. The van der Waals surface area contributed by atoms with E-state index in [1.807, 2.05) is 0 Å². The molecule has 0 atom stereocenters. The van der Waals surface area contributed by atoms with Crippen molar-refractivity contribution in [2.45, 2.75) is 26.7 Å². The molecule has 0 unspecified atom stereocenters. The van der Waals surface area contributed by atoms with Gasteiger partial charge >= 0.3 is 19.5 Å². The molecular formula is C17H21NO4Zn. The fourth-order valence-corrected chi connectivity index (χ4v) is 1.40. The molecule has 1 heterocycles. The molecule has 0 aromatic heterocycles. The number of carboxylic acids is 2. The van der Waals surface area contributed by atoms with Gasteiger partial charge in [-0.05, 0) is 49.5 Å². The Bertz CT molecular complexity index is 497. The maximum Gasteiger partial charge on any atom is 2.00 e. The van der Waals surface area contributed by atoms with Gasteiger partial charge in [-0.1, -0.05) is 31.4 Å². The van der Waals surface area contributed by atoms with Gasteiger partial charge in [-0.3, -0.25) is 0 Å². The molecule has 0 amide bonds. The van der Waals surface area contributed by atoms with E-state index >= 15 is 0 Å². The standard InChI is InChI=1S/C9H11N.2C4H6O2.Zn/c1-2-6-9-8(4-1)5-3-7-10-9;2*1-3(2)4(5)6;/h1-2,5-6,10H,3-4,7H2;2*1H2,2H3,(H,5,6);/q;;;+2/p-2. The van der Waals surface area contributed by atoms with Crippen LogP contribution in [0.1, 0.15) is 26.7 Å². The van der Waals surface area contributed by atoms with Crippen molar-refractivity contribution in [3.8, 4) is 0 Å². The molecule has 6 heteroatoms. The Labute approximate surface area is 149 Å². The number of fused-ring (bicyclic) bond motifs is 1. The van der Waals surface area contributed by atoms with Gasteiger partial charge in [-0.2, -0.15) is 0 Å². The Morgan fingerprint density at radius 2 is 1.61 bits per heavy atom. The van der Waals surface area contributed by atoms with E-state index in [1.54, 1.807) is 0 Å². The van der Waals surface area contributed by atoms with E-state index in [0.29, 0.717) is 0 Å². The second-order valence-electron chi connectivity index (χ2n) is 4.79. The predicted molar refractivity (Wildman–Crippen MR) is 82.2 cm³/mol. The number of carbonyl (C=O) groups excluding carboxylic acids is 2. The summed E-state index contributed by atoms with van der Waals surface area (Å²) in [5.41, 5.74) is 2.92. The number of nitrogens with one attached hydrogen (secondary N) is 1. The number of rotatable bonds is 2. The van der Waals surface area contributed by atoms with Crippen LogP contribution in [0.5, 0.6) is 0 Å². The zero-order valence-electron chi connectivity index (χ0n) is 13.7. The molecule has 0 bridgehead atoms. The quantitative estimate of drug-likeness (QED) is 0.561. The third kappa shape index (κ3) is 11.3. The van der Waals surface area contributed by atoms with Gasteiger partial charge in [0, 0.05) is 12.2 Å². The minimum Gasteiger partial charge on any atom is -0.545 e. The van der Waals surface area contributed by atoms with Gasteiger partial charge < -0.3 is 25.1 Å². The fourth-order valence-electron chi connectivity index (χ4n) is 1.40. The summed E-state index contributed by atoms with van der Waals surface area (Å²) >= 11 is 0. The van der Waals surface area contributed by atoms with Crippen LogP contribution in [0.3, 0.4) is 0 Å². The van der Waals surface area contributed by atoms with Gasteiger partial charge in [0.15, 0.2) is 0 Å². The SMILES string of the molecule is C1=CCC2=CCCNC2=C1.C=C(C)C(=O)[O-].C=C(C)C(=O)[O-].[Zn+2]. The number of aliphatic carboxylic acids is 2. The molecule has 0 saturated carbocycles. The summed E-state index contributed by atoms with van der Waals surface area (Å²) in [5.74, 6) is -2.37. The molecule has 0 spiro atoms. The van der Waals surface area contributed by atoms with Crippen LogP contribution in [0.15, 0.2) is 59.9 Å². The van der Waals surface area contributed by atoms with Gasteiger partial charge in [0.1, 0.15) is 0 Å². The first-order valence-corrected chi connectivity index (χ1v) is 6.79. The molecule has 1 aliphatic heterocycles. The van der Waals surface area contributed by atoms with Crippen molar-refractivity contribution in [1.29, 1.82) is 0 Å². The molecule has 0 saturated heterocycles. The molecule has 0 radical (unpaired) electrons. The van der Waals surface area contributed by atoms with E-state index in [4.69, 9.17) is 0 Å². The van der Waals surface area contributed by atoms with Crippen LogP contribution in [0.25, 0.3) is 0 Å². The van der Waals surface area contributed by atoms with E-state index < -0.39 is 11.9 Å². The fraction of sp³-hybridized carbons (Fsp3) is 0.294. The first kappa shape index (κ1) is 23.3. The molecule has 120 valence electrons. The van der Waals surface area contributed by atoms with Gasteiger partial charge in [0.2, 0.25) is 0 Å². The van der Waals surface area contributed by atoms with Gasteiger partial charge in [-0.25, -0.2) is 0 Å². The largest absolute Gasteiger partial charge is 2.00 e. The smallest absolute Gasteiger partial charge is 0.545 e. The van der Waals surface area contributed by atoms with Crippen molar-refractivity contribution in [2.75, 3.05) is 6.54 Å². The van der Waals surface area contributed by atoms with Crippen molar-refractivity contribution in [2.24, 2.45) is 0 Å². The minimum absolute atomic E-state index is 0. The third-order valence-electron chi connectivity index (χ3n) is 2.63. The molecule has 2 rings (SSSR count). The van der Waals surface area contributed by atoms with Gasteiger partial charge in [0.25, 0.3) is 0 Å². The van der Waals surface area contributed by atoms with E-state index in [1.165, 1.54) is 31.5 Å². The second kappa shape index (κ2) is 12.6. The van der Waals surface area contributed by atoms with Crippen molar-refractivity contribution in [3.63, 3.8) is 0 Å². The van der Waals surface area contributed by atoms with Crippen LogP contribution in [0.2, 0.25) is 0 Å². The Balaban J connectivity index is 0. The Morgan fingerprint density at radius 1 is 1.13 bits per heavy atom. The van der Waals surface area contributed by atoms with Crippen LogP contribution in [-0.4, -0.2) is 18.5 Å². The van der Waals surface area contributed by atoms with Crippen LogP contribution in [0.4, 0.5) is 0 Å². The summed E-state index contributed by atoms with van der Waals surface area (Å²) in [5, 5.41) is 22.3. The average Bonchev–Trinajstić information content (AvgIpc) is 2.48. The average molecular weight is 369 g/mol. The van der Waals surface area contributed by atoms with E-state index in [0.717, 1.165) is 13.0 Å². The molecule has 0 aromatic rings. The van der Waals surface area contributed by atoms with Crippen LogP contribution in [-0.2, 0) is 29.1 Å². The minimum atomic E-state index is -1.19. The molecule has 1 N–H and O–H groups in total. The van der Waals surface area contributed by atoms with Crippen molar-refractivity contribution >= 4 is 11.9 Å². The Kier molecular flexibility index (Phi) is 12.8. The molecular weight excluding hydrogens is 348 g/mol. The monoisotopic (exact) mass is 367 g/mol. The van der Waals surface area contributed by atoms with E-state index in [2.05, 4.69) is 42.8 Å². The number of carbonyl (C=O) groups is 2. The summed E-state index contributed by atoms with van der Waals surface area (Å²) in [7, 11) is 0. The van der Waals surface area contributed by atoms with E-state index in [9.17, 15) is 19.8 Å². The van der Waals surface area contributed by atoms with Crippen molar-refractivity contribution in [3.05, 3.63) is 59.9 Å². The predicted octanol–water partition coefficient (Wildman–Crippen LogP) is 0.372. The number of carboxylic acid groups (broad SMARTS) is 2. The Morgan fingerprint density at radius 3 is 2.00 bits per heavy atom. The van der Waals surface area contributed by atoms with Crippen LogP contribution >= 0.6 is 0 Å².